The van der Waals surface area contributed by atoms with Gasteiger partial charge in [0.25, 0.3) is 5.91 Å². The fourth-order valence-electron chi connectivity index (χ4n) is 2.51. The number of rotatable bonds is 2. The van der Waals surface area contributed by atoms with Gasteiger partial charge in [-0.25, -0.2) is 9.97 Å². The molecule has 0 aliphatic carbocycles. The van der Waals surface area contributed by atoms with Crippen LogP contribution in [-0.4, -0.2) is 34.4 Å². The Morgan fingerprint density at radius 3 is 3.05 bits per heavy atom. The summed E-state index contributed by atoms with van der Waals surface area (Å²) in [4.78, 5) is 22.7. The highest BCUT2D eigenvalue weighted by Crippen LogP contribution is 2.26. The second-order valence-corrected chi connectivity index (χ2v) is 5.46. The number of methoxy groups -OCH3 is 1. The molecule has 0 spiro atoms. The maximum absolute atomic E-state index is 12.7. The van der Waals surface area contributed by atoms with Crippen LogP contribution < -0.4 is 10.5 Å². The molecule has 22 heavy (non-hydrogen) atoms. The van der Waals surface area contributed by atoms with E-state index in [1.165, 1.54) is 7.11 Å². The highest BCUT2D eigenvalue weighted by atomic mass is 35.5. The normalized spacial score (nSPS) is 13.6. The number of carbonyl (C=O) groups is 1. The first-order valence-electron chi connectivity index (χ1n) is 6.81. The molecule has 0 bridgehead atoms. The first kappa shape index (κ1) is 14.6. The van der Waals surface area contributed by atoms with Gasteiger partial charge in [-0.05, 0) is 30.2 Å². The van der Waals surface area contributed by atoms with Crippen LogP contribution in [0.1, 0.15) is 21.6 Å². The minimum Gasteiger partial charge on any atom is -0.496 e. The Labute approximate surface area is 132 Å². The number of fused-ring (bicyclic) bond motifs is 1. The van der Waals surface area contributed by atoms with Crippen molar-refractivity contribution >= 4 is 23.5 Å². The van der Waals surface area contributed by atoms with Gasteiger partial charge in [-0.2, -0.15) is 0 Å². The van der Waals surface area contributed by atoms with E-state index < -0.39 is 0 Å². The highest BCUT2D eigenvalue weighted by molar-refractivity contribution is 6.31. The van der Waals surface area contributed by atoms with Crippen LogP contribution in [0.3, 0.4) is 0 Å². The average molecular weight is 319 g/mol. The fraction of sp³-hybridized carbons (Fsp3) is 0.267. The first-order valence-corrected chi connectivity index (χ1v) is 7.19. The lowest BCUT2D eigenvalue weighted by atomic mass is 10.1. The van der Waals surface area contributed by atoms with Crippen molar-refractivity contribution in [3.05, 3.63) is 46.2 Å². The molecular formula is C15H15ClN4O2. The summed E-state index contributed by atoms with van der Waals surface area (Å²) in [7, 11) is 1.53. The molecule has 1 aromatic heterocycles. The van der Waals surface area contributed by atoms with Crippen molar-refractivity contribution in [2.75, 3.05) is 19.4 Å². The Hall–Kier alpha value is -2.34. The lowest BCUT2D eigenvalue weighted by molar-refractivity contribution is 0.0728. The summed E-state index contributed by atoms with van der Waals surface area (Å²) in [5.41, 5.74) is 7.87. The summed E-state index contributed by atoms with van der Waals surface area (Å²) in [6.07, 6.45) is 2.42. The Morgan fingerprint density at radius 1 is 1.45 bits per heavy atom. The van der Waals surface area contributed by atoms with E-state index in [9.17, 15) is 4.79 Å². The summed E-state index contributed by atoms with van der Waals surface area (Å²) in [5, 5.41) is 0.494. The van der Waals surface area contributed by atoms with Crippen LogP contribution in [-0.2, 0) is 13.0 Å². The smallest absolute Gasteiger partial charge is 0.258 e. The molecule has 2 aromatic rings. The number of nitrogens with zero attached hydrogens (tertiary/aromatic N) is 3. The van der Waals surface area contributed by atoms with Gasteiger partial charge in [-0.15, -0.1) is 0 Å². The monoisotopic (exact) mass is 318 g/mol. The van der Waals surface area contributed by atoms with Gasteiger partial charge >= 0.3 is 0 Å². The Bertz CT molecular complexity index is 735. The number of carbonyl (C=O) groups excluding carboxylic acids is 1. The van der Waals surface area contributed by atoms with E-state index in [1.807, 2.05) is 0 Å². The number of anilines is 1. The third kappa shape index (κ3) is 2.69. The van der Waals surface area contributed by atoms with Gasteiger partial charge in [0.15, 0.2) is 0 Å². The van der Waals surface area contributed by atoms with Crippen molar-refractivity contribution in [2.45, 2.75) is 13.0 Å². The number of ether oxygens (including phenoxy) is 1. The van der Waals surface area contributed by atoms with Crippen LogP contribution in [0.4, 0.5) is 5.95 Å². The molecule has 1 aliphatic rings. The topological polar surface area (TPSA) is 81.3 Å². The summed E-state index contributed by atoms with van der Waals surface area (Å²) >= 11 is 6.00. The van der Waals surface area contributed by atoms with E-state index in [0.717, 1.165) is 11.3 Å². The van der Waals surface area contributed by atoms with E-state index in [2.05, 4.69) is 9.97 Å². The maximum atomic E-state index is 12.7. The highest BCUT2D eigenvalue weighted by Gasteiger charge is 2.25. The zero-order chi connectivity index (χ0) is 15.7. The molecule has 2 heterocycles. The summed E-state index contributed by atoms with van der Waals surface area (Å²) in [5.74, 6) is 0.581. The molecule has 7 heteroatoms. The largest absolute Gasteiger partial charge is 0.496 e. The second kappa shape index (κ2) is 5.81. The van der Waals surface area contributed by atoms with E-state index in [-0.39, 0.29) is 11.9 Å². The Morgan fingerprint density at radius 2 is 2.27 bits per heavy atom. The van der Waals surface area contributed by atoms with Crippen molar-refractivity contribution in [1.29, 1.82) is 0 Å². The lowest BCUT2D eigenvalue weighted by Gasteiger charge is -2.28. The predicted molar refractivity (Wildman–Crippen MR) is 82.9 cm³/mol. The first-order chi connectivity index (χ1) is 10.6. The molecule has 2 N–H and O–H groups in total. The fourth-order valence-corrected chi connectivity index (χ4v) is 2.68. The van der Waals surface area contributed by atoms with Crippen molar-refractivity contribution in [3.63, 3.8) is 0 Å². The minimum absolute atomic E-state index is 0.137. The number of benzene rings is 1. The van der Waals surface area contributed by atoms with Crippen molar-refractivity contribution < 1.29 is 9.53 Å². The molecule has 1 amide bonds. The summed E-state index contributed by atoms with van der Waals surface area (Å²) in [6.45, 7) is 0.991. The Balaban J connectivity index is 1.89. The number of hydrogen-bond donors (Lipinski definition) is 1. The molecule has 0 radical (unpaired) electrons. The van der Waals surface area contributed by atoms with Crippen LogP contribution in [0.5, 0.6) is 5.75 Å². The third-order valence-electron chi connectivity index (χ3n) is 3.64. The molecule has 114 valence electrons. The van der Waals surface area contributed by atoms with Crippen LogP contribution in [0, 0.1) is 0 Å². The average Bonchev–Trinajstić information content (AvgIpc) is 2.53. The number of hydrogen-bond acceptors (Lipinski definition) is 5. The quantitative estimate of drug-likeness (QED) is 0.915. The van der Waals surface area contributed by atoms with Gasteiger partial charge in [-0.3, -0.25) is 4.79 Å². The van der Waals surface area contributed by atoms with E-state index in [4.69, 9.17) is 22.1 Å². The molecule has 1 aliphatic heterocycles. The zero-order valence-electron chi connectivity index (χ0n) is 12.0. The van der Waals surface area contributed by atoms with Crippen LogP contribution in [0.2, 0.25) is 5.02 Å². The van der Waals surface area contributed by atoms with Crippen molar-refractivity contribution in [3.8, 4) is 5.75 Å². The molecule has 1 aromatic carbocycles. The third-order valence-corrected chi connectivity index (χ3v) is 3.88. The Kier molecular flexibility index (Phi) is 3.85. The van der Waals surface area contributed by atoms with Crippen molar-refractivity contribution in [2.24, 2.45) is 0 Å². The van der Waals surface area contributed by atoms with Gasteiger partial charge in [-0.1, -0.05) is 11.6 Å². The molecule has 6 nitrogen and oxygen atoms in total. The standard InChI is InChI=1S/C15H15ClN4O2/c1-22-13-3-2-10(16)6-11(13)14(21)20-5-4-9-7-18-15(17)19-12(9)8-20/h2-3,6-7H,4-5,8H2,1H3,(H2,17,18,19). The van der Waals surface area contributed by atoms with E-state index in [0.29, 0.717) is 35.8 Å². The van der Waals surface area contributed by atoms with Gasteiger partial charge < -0.3 is 15.4 Å². The molecule has 0 saturated heterocycles. The number of nitrogens with two attached hydrogens (primary N) is 1. The van der Waals surface area contributed by atoms with Gasteiger partial charge in [0.1, 0.15) is 5.75 Å². The lowest BCUT2D eigenvalue weighted by Crippen LogP contribution is -2.36. The SMILES string of the molecule is COc1ccc(Cl)cc1C(=O)N1CCc2cnc(N)nc2C1. The van der Waals surface area contributed by atoms with Gasteiger partial charge in [0.2, 0.25) is 5.95 Å². The maximum Gasteiger partial charge on any atom is 0.258 e. The van der Waals surface area contributed by atoms with Crippen molar-refractivity contribution in [1.82, 2.24) is 14.9 Å². The minimum atomic E-state index is -0.137. The molecule has 0 fully saturated rings. The van der Waals surface area contributed by atoms with E-state index in [1.54, 1.807) is 29.3 Å². The molecule has 0 atom stereocenters. The molecule has 0 unspecified atom stereocenters. The molecule has 3 rings (SSSR count). The number of halogens is 1. The zero-order valence-corrected chi connectivity index (χ0v) is 12.8. The second-order valence-electron chi connectivity index (χ2n) is 5.02. The predicted octanol–water partition coefficient (Wildman–Crippen LogP) is 1.92. The number of amides is 1. The molecular weight excluding hydrogens is 304 g/mol. The summed E-state index contributed by atoms with van der Waals surface area (Å²) < 4.78 is 5.25. The van der Waals surface area contributed by atoms with Crippen LogP contribution in [0.25, 0.3) is 0 Å². The number of aromatic nitrogens is 2. The van der Waals surface area contributed by atoms with Crippen LogP contribution in [0.15, 0.2) is 24.4 Å². The van der Waals surface area contributed by atoms with Crippen LogP contribution >= 0.6 is 11.6 Å². The van der Waals surface area contributed by atoms with Gasteiger partial charge in [0.05, 0.1) is 24.9 Å². The number of nitrogen functional groups attached to an aromatic ring is 1. The summed E-state index contributed by atoms with van der Waals surface area (Å²) in [6, 6.07) is 5.00. The molecule has 0 saturated carbocycles. The van der Waals surface area contributed by atoms with Gasteiger partial charge in [0, 0.05) is 17.8 Å². The van der Waals surface area contributed by atoms with E-state index >= 15 is 0 Å².